The Labute approximate surface area is 136 Å². The minimum Gasteiger partial charge on any atom is -0.355 e. The first-order valence-electron chi connectivity index (χ1n) is 7.84. The van der Waals surface area contributed by atoms with Crippen LogP contribution in [0.2, 0.25) is 0 Å². The van der Waals surface area contributed by atoms with Crippen LogP contribution in [-0.2, 0) is 0 Å². The van der Waals surface area contributed by atoms with Gasteiger partial charge in [-0.1, -0.05) is 0 Å². The van der Waals surface area contributed by atoms with Gasteiger partial charge in [-0.3, -0.25) is 0 Å². The molecule has 1 saturated heterocycles. The Hall–Kier alpha value is -2.68. The van der Waals surface area contributed by atoms with Gasteiger partial charge in [0.05, 0.1) is 5.56 Å². The van der Waals surface area contributed by atoms with Crippen LogP contribution in [0, 0.1) is 25.2 Å². The number of nitrogens with zero attached hydrogens (tertiary/aromatic N) is 6. The SMILES string of the molecule is Cc1cc(N2CCCN(c3ncccc3C#N)CC2)nc(C)n1. The Kier molecular flexibility index (Phi) is 4.38. The van der Waals surface area contributed by atoms with Crippen LogP contribution < -0.4 is 9.80 Å². The third-order valence-electron chi connectivity index (χ3n) is 3.98. The summed E-state index contributed by atoms with van der Waals surface area (Å²) in [5.41, 5.74) is 1.62. The predicted octanol–water partition coefficient (Wildman–Crippen LogP) is 2.08. The Balaban J connectivity index is 1.78. The van der Waals surface area contributed by atoms with Crippen molar-refractivity contribution in [1.82, 2.24) is 15.0 Å². The van der Waals surface area contributed by atoms with Crippen LogP contribution in [0.3, 0.4) is 0 Å². The van der Waals surface area contributed by atoms with Gasteiger partial charge in [0.2, 0.25) is 0 Å². The van der Waals surface area contributed by atoms with Crippen molar-refractivity contribution >= 4 is 11.6 Å². The van der Waals surface area contributed by atoms with E-state index >= 15 is 0 Å². The molecule has 1 aliphatic rings. The van der Waals surface area contributed by atoms with E-state index in [0.717, 1.165) is 55.8 Å². The zero-order valence-electron chi connectivity index (χ0n) is 13.5. The van der Waals surface area contributed by atoms with Crippen LogP contribution in [0.25, 0.3) is 0 Å². The Bertz CT molecular complexity index is 716. The normalized spacial score (nSPS) is 15.2. The number of hydrogen-bond donors (Lipinski definition) is 0. The number of aryl methyl sites for hydroxylation is 2. The van der Waals surface area contributed by atoms with Crippen molar-refractivity contribution in [3.8, 4) is 6.07 Å². The number of anilines is 2. The molecule has 6 nitrogen and oxygen atoms in total. The quantitative estimate of drug-likeness (QED) is 0.846. The van der Waals surface area contributed by atoms with Gasteiger partial charge >= 0.3 is 0 Å². The first-order valence-corrected chi connectivity index (χ1v) is 7.84. The summed E-state index contributed by atoms with van der Waals surface area (Å²) in [7, 11) is 0. The minimum atomic E-state index is 0.634. The van der Waals surface area contributed by atoms with Gasteiger partial charge in [0.1, 0.15) is 23.5 Å². The van der Waals surface area contributed by atoms with Crippen LogP contribution >= 0.6 is 0 Å². The molecule has 0 radical (unpaired) electrons. The summed E-state index contributed by atoms with van der Waals surface area (Å²) in [6.45, 7) is 7.45. The lowest BCUT2D eigenvalue weighted by molar-refractivity contribution is 0.788. The monoisotopic (exact) mass is 308 g/mol. The molecule has 0 aromatic carbocycles. The fourth-order valence-corrected chi connectivity index (χ4v) is 2.95. The summed E-state index contributed by atoms with van der Waals surface area (Å²) in [6.07, 6.45) is 2.75. The molecule has 3 rings (SSSR count). The van der Waals surface area contributed by atoms with Crippen molar-refractivity contribution in [3.63, 3.8) is 0 Å². The fraction of sp³-hybridized carbons (Fsp3) is 0.412. The second-order valence-electron chi connectivity index (χ2n) is 5.73. The number of nitriles is 1. The lowest BCUT2D eigenvalue weighted by Gasteiger charge is -2.24. The highest BCUT2D eigenvalue weighted by atomic mass is 15.3. The standard InChI is InChI=1S/C17H20N6/c1-13-11-16(21-14(2)20-13)22-7-4-8-23(10-9-22)17-15(12-18)5-3-6-19-17/h3,5-6,11H,4,7-10H2,1-2H3. The highest BCUT2D eigenvalue weighted by molar-refractivity contribution is 5.54. The van der Waals surface area contributed by atoms with E-state index in [-0.39, 0.29) is 0 Å². The molecule has 3 heterocycles. The summed E-state index contributed by atoms with van der Waals surface area (Å²) in [4.78, 5) is 17.8. The molecule has 0 atom stereocenters. The maximum absolute atomic E-state index is 9.27. The molecule has 23 heavy (non-hydrogen) atoms. The van der Waals surface area contributed by atoms with Gasteiger partial charge in [0, 0.05) is 44.1 Å². The van der Waals surface area contributed by atoms with E-state index in [9.17, 15) is 5.26 Å². The Morgan fingerprint density at radius 1 is 1.09 bits per heavy atom. The van der Waals surface area contributed by atoms with Crippen molar-refractivity contribution in [2.24, 2.45) is 0 Å². The molecule has 0 N–H and O–H groups in total. The predicted molar refractivity (Wildman–Crippen MR) is 89.5 cm³/mol. The van der Waals surface area contributed by atoms with Gasteiger partial charge in [0.15, 0.2) is 0 Å². The number of pyridine rings is 1. The fourth-order valence-electron chi connectivity index (χ4n) is 2.95. The topological polar surface area (TPSA) is 68.9 Å². The minimum absolute atomic E-state index is 0.634. The van der Waals surface area contributed by atoms with Crippen LogP contribution in [0.1, 0.15) is 23.5 Å². The zero-order valence-corrected chi connectivity index (χ0v) is 13.5. The molecule has 1 aliphatic heterocycles. The lowest BCUT2D eigenvalue weighted by Crippen LogP contribution is -2.32. The molecule has 6 heteroatoms. The van der Waals surface area contributed by atoms with Gasteiger partial charge in [-0.25, -0.2) is 15.0 Å². The van der Waals surface area contributed by atoms with E-state index in [1.54, 1.807) is 12.3 Å². The first kappa shape index (κ1) is 15.2. The summed E-state index contributed by atoms with van der Waals surface area (Å²) in [5, 5.41) is 9.27. The maximum atomic E-state index is 9.27. The van der Waals surface area contributed by atoms with Crippen LogP contribution in [-0.4, -0.2) is 41.1 Å². The van der Waals surface area contributed by atoms with E-state index in [4.69, 9.17) is 0 Å². The van der Waals surface area contributed by atoms with E-state index in [1.165, 1.54) is 0 Å². The zero-order chi connectivity index (χ0) is 16.2. The average molecular weight is 308 g/mol. The maximum Gasteiger partial charge on any atom is 0.146 e. The molecule has 1 fully saturated rings. The molecule has 2 aromatic heterocycles. The molecule has 0 amide bonds. The molecule has 0 spiro atoms. The second kappa shape index (κ2) is 6.61. The van der Waals surface area contributed by atoms with Crippen LogP contribution in [0.5, 0.6) is 0 Å². The number of hydrogen-bond acceptors (Lipinski definition) is 6. The summed E-state index contributed by atoms with van der Waals surface area (Å²) >= 11 is 0. The molecular weight excluding hydrogens is 288 g/mol. The molecule has 0 saturated carbocycles. The van der Waals surface area contributed by atoms with Crippen molar-refractivity contribution in [1.29, 1.82) is 5.26 Å². The van der Waals surface area contributed by atoms with Gasteiger partial charge < -0.3 is 9.80 Å². The van der Waals surface area contributed by atoms with E-state index < -0.39 is 0 Å². The second-order valence-corrected chi connectivity index (χ2v) is 5.73. The van der Waals surface area contributed by atoms with Crippen molar-refractivity contribution < 1.29 is 0 Å². The molecule has 0 aliphatic carbocycles. The Morgan fingerprint density at radius 3 is 2.65 bits per heavy atom. The summed E-state index contributed by atoms with van der Waals surface area (Å²) in [5.74, 6) is 2.57. The number of rotatable bonds is 2. The first-order chi connectivity index (χ1) is 11.2. The molecule has 2 aromatic rings. The third-order valence-corrected chi connectivity index (χ3v) is 3.98. The van der Waals surface area contributed by atoms with Crippen LogP contribution in [0.15, 0.2) is 24.4 Å². The van der Waals surface area contributed by atoms with Crippen LogP contribution in [0.4, 0.5) is 11.6 Å². The Morgan fingerprint density at radius 2 is 1.87 bits per heavy atom. The van der Waals surface area contributed by atoms with Gasteiger partial charge in [0.25, 0.3) is 0 Å². The third kappa shape index (κ3) is 3.39. The number of aromatic nitrogens is 3. The van der Waals surface area contributed by atoms with Gasteiger partial charge in [-0.05, 0) is 32.4 Å². The smallest absolute Gasteiger partial charge is 0.146 e. The highest BCUT2D eigenvalue weighted by Gasteiger charge is 2.19. The van der Waals surface area contributed by atoms with Gasteiger partial charge in [-0.2, -0.15) is 5.26 Å². The molecular formula is C17H20N6. The van der Waals surface area contributed by atoms with Crippen molar-refractivity contribution in [3.05, 3.63) is 41.5 Å². The van der Waals surface area contributed by atoms with Crippen molar-refractivity contribution in [2.45, 2.75) is 20.3 Å². The van der Waals surface area contributed by atoms with Gasteiger partial charge in [-0.15, -0.1) is 0 Å². The summed E-state index contributed by atoms with van der Waals surface area (Å²) < 4.78 is 0. The highest BCUT2D eigenvalue weighted by Crippen LogP contribution is 2.20. The summed E-state index contributed by atoms with van der Waals surface area (Å²) in [6, 6.07) is 7.89. The van der Waals surface area contributed by atoms with E-state index in [2.05, 4.69) is 30.8 Å². The molecule has 0 bridgehead atoms. The van der Waals surface area contributed by atoms with E-state index in [0.29, 0.717) is 5.56 Å². The molecule has 118 valence electrons. The largest absolute Gasteiger partial charge is 0.355 e. The lowest BCUT2D eigenvalue weighted by atomic mass is 10.2. The average Bonchev–Trinajstić information content (AvgIpc) is 2.80. The van der Waals surface area contributed by atoms with E-state index in [1.807, 2.05) is 26.0 Å². The molecule has 0 unspecified atom stereocenters. The van der Waals surface area contributed by atoms with Crippen molar-refractivity contribution in [2.75, 3.05) is 36.0 Å².